The predicted octanol–water partition coefficient (Wildman–Crippen LogP) is 3.31. The maximum Gasteiger partial charge on any atom is 0.194 e. The first kappa shape index (κ1) is 23.2. The maximum atomic E-state index is 6.11. The van der Waals surface area contributed by atoms with Gasteiger partial charge in [-0.1, -0.05) is 18.2 Å². The number of guanidine groups is 1. The summed E-state index contributed by atoms with van der Waals surface area (Å²) >= 11 is 0. The van der Waals surface area contributed by atoms with Crippen molar-refractivity contribution in [1.82, 2.24) is 10.2 Å². The third-order valence-corrected chi connectivity index (χ3v) is 5.48. The molecule has 0 unspecified atom stereocenters. The van der Waals surface area contributed by atoms with Gasteiger partial charge in [-0.25, -0.2) is 0 Å². The summed E-state index contributed by atoms with van der Waals surface area (Å²) < 4.78 is 17.4. The SMILES string of the molecule is CCNC(=NCC1(OC)CCOCC1)N1CCC(Oc2ccccc2)CC1.I. The van der Waals surface area contributed by atoms with Crippen LogP contribution in [-0.2, 0) is 9.47 Å². The summed E-state index contributed by atoms with van der Waals surface area (Å²) in [7, 11) is 1.79. The Labute approximate surface area is 186 Å². The molecule has 0 bridgehead atoms. The molecule has 2 aliphatic heterocycles. The first-order chi connectivity index (χ1) is 13.2. The second-order valence-electron chi connectivity index (χ2n) is 7.29. The van der Waals surface area contributed by atoms with Gasteiger partial charge < -0.3 is 24.4 Å². The number of para-hydroxylation sites is 1. The highest BCUT2D eigenvalue weighted by molar-refractivity contribution is 14.0. The molecule has 0 saturated carbocycles. The van der Waals surface area contributed by atoms with Crippen molar-refractivity contribution in [3.63, 3.8) is 0 Å². The normalized spacial score (nSPS) is 20.4. The van der Waals surface area contributed by atoms with E-state index < -0.39 is 0 Å². The van der Waals surface area contributed by atoms with E-state index in [2.05, 4.69) is 17.1 Å². The number of rotatable bonds is 6. The first-order valence-corrected chi connectivity index (χ1v) is 10.1. The minimum absolute atomic E-state index is 0. The lowest BCUT2D eigenvalue weighted by molar-refractivity contribution is -0.0829. The molecule has 2 fully saturated rings. The van der Waals surface area contributed by atoms with Crippen molar-refractivity contribution in [1.29, 1.82) is 0 Å². The summed E-state index contributed by atoms with van der Waals surface area (Å²) in [5, 5.41) is 3.45. The van der Waals surface area contributed by atoms with Crippen LogP contribution in [0.3, 0.4) is 0 Å². The summed E-state index contributed by atoms with van der Waals surface area (Å²) in [6.45, 7) is 7.06. The van der Waals surface area contributed by atoms with Gasteiger partial charge in [0.05, 0.1) is 12.1 Å². The fraction of sp³-hybridized carbons (Fsp3) is 0.667. The van der Waals surface area contributed by atoms with Gasteiger partial charge >= 0.3 is 0 Å². The minimum atomic E-state index is -0.187. The monoisotopic (exact) mass is 503 g/mol. The van der Waals surface area contributed by atoms with Crippen molar-refractivity contribution in [2.45, 2.75) is 44.3 Å². The van der Waals surface area contributed by atoms with Gasteiger partial charge in [-0.05, 0) is 19.1 Å². The fourth-order valence-corrected chi connectivity index (χ4v) is 3.69. The number of piperidine rings is 1. The second kappa shape index (κ2) is 11.8. The summed E-state index contributed by atoms with van der Waals surface area (Å²) in [6.07, 6.45) is 4.08. The van der Waals surface area contributed by atoms with E-state index in [0.29, 0.717) is 6.54 Å². The molecule has 0 amide bonds. The number of halogens is 1. The number of hydrogen-bond donors (Lipinski definition) is 1. The molecule has 1 N–H and O–H groups in total. The number of likely N-dealkylation sites (tertiary alicyclic amines) is 1. The molecule has 2 aliphatic rings. The highest BCUT2D eigenvalue weighted by atomic mass is 127. The van der Waals surface area contributed by atoms with Crippen molar-refractivity contribution >= 4 is 29.9 Å². The molecule has 0 aromatic heterocycles. The van der Waals surface area contributed by atoms with Gasteiger partial charge in [-0.3, -0.25) is 4.99 Å². The van der Waals surface area contributed by atoms with Crippen molar-refractivity contribution in [2.75, 3.05) is 46.5 Å². The van der Waals surface area contributed by atoms with Gasteiger partial charge in [0, 0.05) is 65.6 Å². The first-order valence-electron chi connectivity index (χ1n) is 10.1. The molecule has 28 heavy (non-hydrogen) atoms. The van der Waals surface area contributed by atoms with Gasteiger partial charge in [-0.2, -0.15) is 0 Å². The van der Waals surface area contributed by atoms with Crippen LogP contribution in [0, 0.1) is 0 Å². The average Bonchev–Trinajstić information content (AvgIpc) is 2.73. The topological polar surface area (TPSA) is 55.3 Å². The number of benzene rings is 1. The molecule has 7 heteroatoms. The Morgan fingerprint density at radius 1 is 1.21 bits per heavy atom. The van der Waals surface area contributed by atoms with Crippen LogP contribution in [-0.4, -0.2) is 69.1 Å². The van der Waals surface area contributed by atoms with Gasteiger partial charge in [0.15, 0.2) is 5.96 Å². The molecule has 3 rings (SSSR count). The summed E-state index contributed by atoms with van der Waals surface area (Å²) in [5.74, 6) is 1.94. The standard InChI is InChI=1S/C21H33N3O3.HI/c1-3-22-20(23-17-21(25-2)11-15-26-16-12-21)24-13-9-19(10-14-24)27-18-7-5-4-6-8-18;/h4-8,19H,3,9-17H2,1-2H3,(H,22,23);1H. The molecule has 158 valence electrons. The second-order valence-corrected chi connectivity index (χ2v) is 7.29. The van der Waals surface area contributed by atoms with E-state index in [0.717, 1.165) is 70.2 Å². The lowest BCUT2D eigenvalue weighted by atomic mass is 9.94. The highest BCUT2D eigenvalue weighted by Crippen LogP contribution is 2.25. The molecular weight excluding hydrogens is 469 g/mol. The van der Waals surface area contributed by atoms with Crippen LogP contribution in [0.5, 0.6) is 5.75 Å². The molecule has 0 atom stereocenters. The molecule has 0 aliphatic carbocycles. The number of nitrogens with one attached hydrogen (secondary N) is 1. The van der Waals surface area contributed by atoms with Crippen molar-refractivity contribution < 1.29 is 14.2 Å². The smallest absolute Gasteiger partial charge is 0.194 e. The Kier molecular flexibility index (Phi) is 9.81. The van der Waals surface area contributed by atoms with Gasteiger partial charge in [0.25, 0.3) is 0 Å². The molecule has 1 aromatic carbocycles. The van der Waals surface area contributed by atoms with E-state index in [-0.39, 0.29) is 35.7 Å². The Bertz CT molecular complexity index is 586. The lowest BCUT2D eigenvalue weighted by Gasteiger charge is -2.37. The zero-order valence-electron chi connectivity index (χ0n) is 17.1. The summed E-state index contributed by atoms with van der Waals surface area (Å²) in [4.78, 5) is 7.27. The lowest BCUT2D eigenvalue weighted by Crippen LogP contribution is -2.49. The molecule has 0 spiro atoms. The third kappa shape index (κ3) is 6.49. The van der Waals surface area contributed by atoms with Crippen molar-refractivity contribution in [3.8, 4) is 5.75 Å². The Balaban J connectivity index is 0.00000280. The Morgan fingerprint density at radius 2 is 1.89 bits per heavy atom. The third-order valence-electron chi connectivity index (χ3n) is 5.48. The van der Waals surface area contributed by atoms with Crippen LogP contribution in [0.4, 0.5) is 0 Å². The zero-order chi connectivity index (χ0) is 19.0. The van der Waals surface area contributed by atoms with E-state index >= 15 is 0 Å². The van der Waals surface area contributed by atoms with Crippen molar-refractivity contribution in [3.05, 3.63) is 30.3 Å². The predicted molar refractivity (Wildman–Crippen MR) is 123 cm³/mol. The largest absolute Gasteiger partial charge is 0.490 e. The molecule has 0 radical (unpaired) electrons. The number of hydrogen-bond acceptors (Lipinski definition) is 4. The van der Waals surface area contributed by atoms with E-state index in [1.807, 2.05) is 30.3 Å². The molecule has 6 nitrogen and oxygen atoms in total. The van der Waals surface area contributed by atoms with Gasteiger partial charge in [-0.15, -0.1) is 24.0 Å². The molecular formula is C21H34IN3O3. The average molecular weight is 503 g/mol. The number of nitrogens with zero attached hydrogens (tertiary/aromatic N) is 2. The number of ether oxygens (including phenoxy) is 3. The number of aliphatic imine (C=N–C) groups is 1. The Hall–Kier alpha value is -1.06. The van der Waals surface area contributed by atoms with Gasteiger partial charge in [0.1, 0.15) is 11.9 Å². The van der Waals surface area contributed by atoms with Gasteiger partial charge in [0.2, 0.25) is 0 Å². The fourth-order valence-electron chi connectivity index (χ4n) is 3.69. The van der Waals surface area contributed by atoms with E-state index in [1.54, 1.807) is 7.11 Å². The summed E-state index contributed by atoms with van der Waals surface area (Å²) in [6, 6.07) is 10.1. The van der Waals surface area contributed by atoms with Crippen LogP contribution in [0.15, 0.2) is 35.3 Å². The highest BCUT2D eigenvalue weighted by Gasteiger charge is 2.33. The van der Waals surface area contributed by atoms with Crippen molar-refractivity contribution in [2.24, 2.45) is 4.99 Å². The Morgan fingerprint density at radius 3 is 2.50 bits per heavy atom. The van der Waals surface area contributed by atoms with E-state index in [1.165, 1.54) is 0 Å². The van der Waals surface area contributed by atoms with Crippen LogP contribution < -0.4 is 10.1 Å². The summed E-state index contributed by atoms with van der Waals surface area (Å²) in [5.41, 5.74) is -0.187. The van der Waals surface area contributed by atoms with Crippen LogP contribution in [0.25, 0.3) is 0 Å². The zero-order valence-corrected chi connectivity index (χ0v) is 19.4. The van der Waals surface area contributed by atoms with E-state index in [4.69, 9.17) is 19.2 Å². The van der Waals surface area contributed by atoms with Crippen LogP contribution >= 0.6 is 24.0 Å². The number of methoxy groups -OCH3 is 1. The quantitative estimate of drug-likeness (QED) is 0.367. The van der Waals surface area contributed by atoms with Crippen LogP contribution in [0.2, 0.25) is 0 Å². The molecule has 2 heterocycles. The molecule has 1 aromatic rings. The minimum Gasteiger partial charge on any atom is -0.490 e. The maximum absolute atomic E-state index is 6.11. The van der Waals surface area contributed by atoms with Crippen LogP contribution in [0.1, 0.15) is 32.6 Å². The molecule has 2 saturated heterocycles. The van der Waals surface area contributed by atoms with E-state index in [9.17, 15) is 0 Å².